The maximum absolute atomic E-state index is 12.9. The molecule has 1 heterocycles. The second kappa shape index (κ2) is 6.65. The van der Waals surface area contributed by atoms with Crippen molar-refractivity contribution in [1.29, 1.82) is 0 Å². The number of hydrogen-bond acceptors (Lipinski definition) is 3. The van der Waals surface area contributed by atoms with Gasteiger partial charge in [-0.15, -0.1) is 0 Å². The Morgan fingerprint density at radius 2 is 1.85 bits per heavy atom. The van der Waals surface area contributed by atoms with E-state index in [1.807, 2.05) is 31.2 Å². The second-order valence-corrected chi connectivity index (χ2v) is 7.37. The van der Waals surface area contributed by atoms with Crippen LogP contribution in [0, 0.1) is 6.92 Å². The van der Waals surface area contributed by atoms with E-state index in [1.54, 1.807) is 39.0 Å². The molecule has 0 spiro atoms. The zero-order valence-electron chi connectivity index (χ0n) is 15.2. The highest BCUT2D eigenvalue weighted by Gasteiger charge is 2.44. The molecule has 2 aromatic rings. The van der Waals surface area contributed by atoms with E-state index in [0.29, 0.717) is 22.1 Å². The van der Waals surface area contributed by atoms with Crippen molar-refractivity contribution in [3.8, 4) is 5.75 Å². The van der Waals surface area contributed by atoms with Crippen LogP contribution < -0.4 is 15.0 Å². The zero-order valence-corrected chi connectivity index (χ0v) is 15.9. The molecule has 0 saturated heterocycles. The maximum Gasteiger partial charge on any atom is 0.271 e. The SMILES string of the molecule is Cc1ccc(NC(=O)C(C)N2C(=O)C(C)(C)Oc3ccc(Cl)cc32)cc1. The average molecular weight is 373 g/mol. The highest BCUT2D eigenvalue weighted by atomic mass is 35.5. The number of carbonyl (C=O) groups is 2. The van der Waals surface area contributed by atoms with E-state index in [2.05, 4.69) is 5.32 Å². The minimum Gasteiger partial charge on any atom is -0.476 e. The molecule has 6 heteroatoms. The molecule has 26 heavy (non-hydrogen) atoms. The summed E-state index contributed by atoms with van der Waals surface area (Å²) in [5.74, 6) is -0.0568. The number of benzene rings is 2. The van der Waals surface area contributed by atoms with Gasteiger partial charge in [0.1, 0.15) is 11.8 Å². The zero-order chi connectivity index (χ0) is 19.1. The summed E-state index contributed by atoms with van der Waals surface area (Å²) in [6, 6.07) is 11.8. The van der Waals surface area contributed by atoms with Crippen LogP contribution in [-0.2, 0) is 9.59 Å². The molecule has 0 radical (unpaired) electrons. The van der Waals surface area contributed by atoms with Gasteiger partial charge in [0.25, 0.3) is 5.91 Å². The van der Waals surface area contributed by atoms with E-state index in [0.717, 1.165) is 5.56 Å². The van der Waals surface area contributed by atoms with E-state index < -0.39 is 11.6 Å². The molecule has 1 atom stereocenters. The lowest BCUT2D eigenvalue weighted by Crippen LogP contribution is -2.57. The molecule has 1 aliphatic rings. The summed E-state index contributed by atoms with van der Waals surface area (Å²) in [6.07, 6.45) is 0. The maximum atomic E-state index is 12.9. The standard InChI is InChI=1S/C20H21ClN2O3/c1-12-5-8-15(9-6-12)22-18(24)13(2)23-16-11-14(21)7-10-17(16)26-20(3,4)19(23)25/h5-11,13H,1-4H3,(H,22,24). The molecule has 2 aromatic carbocycles. The van der Waals surface area contributed by atoms with Gasteiger partial charge < -0.3 is 10.1 Å². The number of halogens is 1. The third kappa shape index (κ3) is 3.40. The fraction of sp³-hybridized carbons (Fsp3) is 0.300. The summed E-state index contributed by atoms with van der Waals surface area (Å²) in [6.45, 7) is 7.03. The number of hydrogen-bond donors (Lipinski definition) is 1. The molecule has 2 amide bonds. The number of nitrogens with one attached hydrogen (secondary N) is 1. The first-order chi connectivity index (χ1) is 12.2. The van der Waals surface area contributed by atoms with Crippen LogP contribution in [0.1, 0.15) is 26.3 Å². The highest BCUT2D eigenvalue weighted by molar-refractivity contribution is 6.31. The average Bonchev–Trinajstić information content (AvgIpc) is 2.58. The molecule has 5 nitrogen and oxygen atoms in total. The van der Waals surface area contributed by atoms with Crippen molar-refractivity contribution in [3.63, 3.8) is 0 Å². The van der Waals surface area contributed by atoms with Gasteiger partial charge in [0.05, 0.1) is 5.69 Å². The van der Waals surface area contributed by atoms with E-state index in [9.17, 15) is 9.59 Å². The lowest BCUT2D eigenvalue weighted by atomic mass is 10.0. The monoisotopic (exact) mass is 372 g/mol. The van der Waals surface area contributed by atoms with Crippen LogP contribution in [0.25, 0.3) is 0 Å². The van der Waals surface area contributed by atoms with E-state index in [4.69, 9.17) is 16.3 Å². The molecule has 0 bridgehead atoms. The van der Waals surface area contributed by atoms with Gasteiger partial charge in [-0.3, -0.25) is 14.5 Å². The van der Waals surface area contributed by atoms with Gasteiger partial charge in [0.15, 0.2) is 5.60 Å². The van der Waals surface area contributed by atoms with Crippen LogP contribution >= 0.6 is 11.6 Å². The van der Waals surface area contributed by atoms with Crippen molar-refractivity contribution in [2.75, 3.05) is 10.2 Å². The predicted molar refractivity (Wildman–Crippen MR) is 103 cm³/mol. The Morgan fingerprint density at radius 3 is 2.50 bits per heavy atom. The molecule has 0 fully saturated rings. The largest absolute Gasteiger partial charge is 0.476 e. The molecular formula is C20H21ClN2O3. The van der Waals surface area contributed by atoms with E-state index in [1.165, 1.54) is 4.90 Å². The third-order valence-electron chi connectivity index (χ3n) is 4.37. The number of amides is 2. The van der Waals surface area contributed by atoms with Crippen molar-refractivity contribution in [3.05, 3.63) is 53.1 Å². The Bertz CT molecular complexity index is 862. The second-order valence-electron chi connectivity index (χ2n) is 6.93. The molecule has 3 rings (SSSR count). The summed E-state index contributed by atoms with van der Waals surface area (Å²) in [5, 5.41) is 3.32. The lowest BCUT2D eigenvalue weighted by molar-refractivity contribution is -0.134. The normalized spacial score (nSPS) is 16.5. The van der Waals surface area contributed by atoms with E-state index in [-0.39, 0.29) is 11.8 Å². The van der Waals surface area contributed by atoms with Crippen LogP contribution in [0.3, 0.4) is 0 Å². The van der Waals surface area contributed by atoms with Crippen molar-refractivity contribution in [2.45, 2.75) is 39.3 Å². The Hall–Kier alpha value is -2.53. The highest BCUT2D eigenvalue weighted by Crippen LogP contribution is 2.40. The first kappa shape index (κ1) is 18.3. The minimum atomic E-state index is -1.07. The van der Waals surface area contributed by atoms with Crippen molar-refractivity contribution in [2.24, 2.45) is 0 Å². The van der Waals surface area contributed by atoms with Gasteiger partial charge in [0, 0.05) is 10.7 Å². The van der Waals surface area contributed by atoms with Gasteiger partial charge >= 0.3 is 0 Å². The molecule has 0 aromatic heterocycles. The predicted octanol–water partition coefficient (Wildman–Crippen LogP) is 4.18. The van der Waals surface area contributed by atoms with Crippen molar-refractivity contribution < 1.29 is 14.3 Å². The van der Waals surface area contributed by atoms with Crippen molar-refractivity contribution >= 4 is 34.8 Å². The lowest BCUT2D eigenvalue weighted by Gasteiger charge is -2.41. The smallest absolute Gasteiger partial charge is 0.271 e. The number of aryl methyl sites for hydroxylation is 1. The quantitative estimate of drug-likeness (QED) is 0.879. The Kier molecular flexibility index (Phi) is 4.67. The van der Waals surface area contributed by atoms with Gasteiger partial charge in [0.2, 0.25) is 5.91 Å². The van der Waals surface area contributed by atoms with E-state index >= 15 is 0 Å². The minimum absolute atomic E-state index is 0.286. The molecule has 1 N–H and O–H groups in total. The van der Waals surface area contributed by atoms with Gasteiger partial charge in [-0.05, 0) is 58.0 Å². The summed E-state index contributed by atoms with van der Waals surface area (Å²) >= 11 is 6.10. The first-order valence-corrected chi connectivity index (χ1v) is 8.76. The molecule has 1 aliphatic heterocycles. The number of carbonyl (C=O) groups excluding carboxylic acids is 2. The van der Waals surface area contributed by atoms with Crippen LogP contribution in [0.2, 0.25) is 5.02 Å². The fourth-order valence-electron chi connectivity index (χ4n) is 2.87. The number of rotatable bonds is 3. The Balaban J connectivity index is 1.93. The third-order valence-corrected chi connectivity index (χ3v) is 4.60. The fourth-order valence-corrected chi connectivity index (χ4v) is 3.03. The number of fused-ring (bicyclic) bond motifs is 1. The number of anilines is 2. The summed E-state index contributed by atoms with van der Waals surface area (Å²) in [7, 11) is 0. The Labute approximate surface area is 157 Å². The molecule has 1 unspecified atom stereocenters. The van der Waals surface area contributed by atoms with Crippen LogP contribution in [0.4, 0.5) is 11.4 Å². The van der Waals surface area contributed by atoms with Crippen LogP contribution in [0.5, 0.6) is 5.75 Å². The van der Waals surface area contributed by atoms with Crippen molar-refractivity contribution in [1.82, 2.24) is 0 Å². The molecular weight excluding hydrogens is 352 g/mol. The summed E-state index contributed by atoms with van der Waals surface area (Å²) < 4.78 is 5.80. The first-order valence-electron chi connectivity index (χ1n) is 8.39. The van der Waals surface area contributed by atoms with Gasteiger partial charge in [-0.2, -0.15) is 0 Å². The Morgan fingerprint density at radius 1 is 1.19 bits per heavy atom. The summed E-state index contributed by atoms with van der Waals surface area (Å²) in [5.41, 5.74) is 1.20. The van der Waals surface area contributed by atoms with Crippen LogP contribution in [0.15, 0.2) is 42.5 Å². The summed E-state index contributed by atoms with van der Waals surface area (Å²) in [4.78, 5) is 27.2. The number of nitrogens with zero attached hydrogens (tertiary/aromatic N) is 1. The van der Waals surface area contributed by atoms with Gasteiger partial charge in [-0.25, -0.2) is 0 Å². The number of ether oxygens (including phenoxy) is 1. The van der Waals surface area contributed by atoms with Crippen LogP contribution in [-0.4, -0.2) is 23.5 Å². The topological polar surface area (TPSA) is 58.6 Å². The molecule has 0 aliphatic carbocycles. The van der Waals surface area contributed by atoms with Gasteiger partial charge in [-0.1, -0.05) is 29.3 Å². The molecule has 136 valence electrons. The molecule has 0 saturated carbocycles.